The Labute approximate surface area is 124 Å². The average molecular weight is 300 g/mol. The van der Waals surface area contributed by atoms with Gasteiger partial charge in [-0.05, 0) is 23.9 Å². The molecule has 0 unspecified atom stereocenters. The second-order valence-electron chi connectivity index (χ2n) is 4.74. The van der Waals surface area contributed by atoms with Gasteiger partial charge in [0.2, 0.25) is 0 Å². The van der Waals surface area contributed by atoms with Crippen molar-refractivity contribution in [2.45, 2.75) is 13.5 Å². The molecule has 0 radical (unpaired) electrons. The van der Waals surface area contributed by atoms with Crippen LogP contribution in [-0.4, -0.2) is 20.9 Å². The first-order valence-corrected chi connectivity index (χ1v) is 7.15. The Kier molecular flexibility index (Phi) is 3.31. The molecule has 0 saturated carbocycles. The highest BCUT2D eigenvalue weighted by Gasteiger charge is 2.18. The zero-order chi connectivity index (χ0) is 15.0. The van der Waals surface area contributed by atoms with Gasteiger partial charge in [0, 0.05) is 16.3 Å². The van der Waals surface area contributed by atoms with Crippen molar-refractivity contribution in [2.75, 3.05) is 0 Å². The molecule has 5 nitrogen and oxygen atoms in total. The third-order valence-corrected chi connectivity index (χ3v) is 4.41. The normalized spacial score (nSPS) is 10.9. The molecule has 0 bridgehead atoms. The topological polar surface area (TPSA) is 72.2 Å². The fourth-order valence-electron chi connectivity index (χ4n) is 2.22. The van der Waals surface area contributed by atoms with E-state index in [0.29, 0.717) is 5.56 Å². The van der Waals surface area contributed by atoms with Crippen LogP contribution in [0.5, 0.6) is 0 Å². The summed E-state index contributed by atoms with van der Waals surface area (Å²) >= 11 is 1.22. The largest absolute Gasteiger partial charge is 0.477 e. The third-order valence-electron chi connectivity index (χ3n) is 3.21. The van der Waals surface area contributed by atoms with E-state index in [1.54, 1.807) is 13.1 Å². The SMILES string of the molecule is Cc1cnn(Cc2c(C(=O)O)sc3ccccc23)c(=O)c1. The maximum absolute atomic E-state index is 11.9. The number of carboxylic acids is 1. The maximum Gasteiger partial charge on any atom is 0.346 e. The third kappa shape index (κ3) is 2.45. The van der Waals surface area contributed by atoms with Crippen molar-refractivity contribution < 1.29 is 9.90 Å². The molecular formula is C15H12N2O3S. The van der Waals surface area contributed by atoms with Crippen LogP contribution >= 0.6 is 11.3 Å². The van der Waals surface area contributed by atoms with Crippen molar-refractivity contribution in [1.82, 2.24) is 9.78 Å². The highest BCUT2D eigenvalue weighted by molar-refractivity contribution is 7.21. The molecule has 0 aliphatic rings. The summed E-state index contributed by atoms with van der Waals surface area (Å²) < 4.78 is 2.18. The molecule has 2 aromatic heterocycles. The molecule has 106 valence electrons. The Bertz CT molecular complexity index is 895. The number of rotatable bonds is 3. The molecule has 0 atom stereocenters. The maximum atomic E-state index is 11.9. The second-order valence-corrected chi connectivity index (χ2v) is 5.79. The Morgan fingerprint density at radius 1 is 1.38 bits per heavy atom. The predicted molar refractivity (Wildman–Crippen MR) is 81.1 cm³/mol. The van der Waals surface area contributed by atoms with E-state index in [1.807, 2.05) is 24.3 Å². The van der Waals surface area contributed by atoms with Gasteiger partial charge < -0.3 is 5.11 Å². The molecule has 3 aromatic rings. The van der Waals surface area contributed by atoms with Gasteiger partial charge in [-0.3, -0.25) is 4.79 Å². The molecule has 1 N–H and O–H groups in total. The summed E-state index contributed by atoms with van der Waals surface area (Å²) in [4.78, 5) is 23.6. The number of aromatic carboxylic acids is 1. The van der Waals surface area contributed by atoms with Crippen molar-refractivity contribution >= 4 is 27.4 Å². The number of thiophene rings is 1. The molecule has 0 aliphatic carbocycles. The number of carbonyl (C=O) groups is 1. The van der Waals surface area contributed by atoms with Crippen LogP contribution in [0.4, 0.5) is 0 Å². The average Bonchev–Trinajstić information content (AvgIpc) is 2.81. The van der Waals surface area contributed by atoms with E-state index in [2.05, 4.69) is 5.10 Å². The van der Waals surface area contributed by atoms with Crippen LogP contribution in [0.1, 0.15) is 20.8 Å². The van der Waals surface area contributed by atoms with Crippen LogP contribution in [0.2, 0.25) is 0 Å². The highest BCUT2D eigenvalue weighted by Crippen LogP contribution is 2.31. The summed E-state index contributed by atoms with van der Waals surface area (Å²) in [5, 5.41) is 14.3. The summed E-state index contributed by atoms with van der Waals surface area (Å²) in [5.41, 5.74) is 1.17. The summed E-state index contributed by atoms with van der Waals surface area (Å²) in [6.45, 7) is 1.95. The Hall–Kier alpha value is -2.47. The Morgan fingerprint density at radius 2 is 2.14 bits per heavy atom. The lowest BCUT2D eigenvalue weighted by Gasteiger charge is -2.05. The van der Waals surface area contributed by atoms with Gasteiger partial charge in [-0.2, -0.15) is 5.10 Å². The lowest BCUT2D eigenvalue weighted by molar-refractivity contribution is 0.0701. The quantitative estimate of drug-likeness (QED) is 0.806. The molecule has 2 heterocycles. The first kappa shape index (κ1) is 13.5. The zero-order valence-electron chi connectivity index (χ0n) is 11.2. The van der Waals surface area contributed by atoms with Gasteiger partial charge in [-0.1, -0.05) is 18.2 Å². The van der Waals surface area contributed by atoms with Crippen molar-refractivity contribution in [3.8, 4) is 0 Å². The van der Waals surface area contributed by atoms with Crippen molar-refractivity contribution in [3.05, 3.63) is 62.9 Å². The highest BCUT2D eigenvalue weighted by atomic mass is 32.1. The monoisotopic (exact) mass is 300 g/mol. The van der Waals surface area contributed by atoms with Crippen LogP contribution in [-0.2, 0) is 6.54 Å². The molecule has 6 heteroatoms. The van der Waals surface area contributed by atoms with E-state index in [-0.39, 0.29) is 17.0 Å². The Morgan fingerprint density at radius 3 is 2.86 bits per heavy atom. The summed E-state index contributed by atoms with van der Waals surface area (Å²) in [7, 11) is 0. The molecule has 3 rings (SSSR count). The number of carboxylic acid groups (broad SMARTS) is 1. The molecule has 0 spiro atoms. The van der Waals surface area contributed by atoms with Crippen LogP contribution in [0.3, 0.4) is 0 Å². The van der Waals surface area contributed by atoms with Crippen LogP contribution < -0.4 is 5.56 Å². The molecule has 0 amide bonds. The fourth-order valence-corrected chi connectivity index (χ4v) is 3.27. The second kappa shape index (κ2) is 5.14. The molecular weight excluding hydrogens is 288 g/mol. The minimum absolute atomic E-state index is 0.157. The molecule has 0 fully saturated rings. The Balaban J connectivity index is 2.17. The van der Waals surface area contributed by atoms with E-state index in [1.165, 1.54) is 22.1 Å². The van der Waals surface area contributed by atoms with E-state index < -0.39 is 5.97 Å². The fraction of sp³-hybridized carbons (Fsp3) is 0.133. The van der Waals surface area contributed by atoms with Crippen LogP contribution in [0, 0.1) is 6.92 Å². The van der Waals surface area contributed by atoms with Gasteiger partial charge in [0.05, 0.1) is 12.7 Å². The summed E-state index contributed by atoms with van der Waals surface area (Å²) in [6, 6.07) is 8.95. The number of hydrogen-bond donors (Lipinski definition) is 1. The van der Waals surface area contributed by atoms with Gasteiger partial charge in [-0.15, -0.1) is 11.3 Å². The molecule has 0 aliphatic heterocycles. The lowest BCUT2D eigenvalue weighted by Crippen LogP contribution is -2.23. The van der Waals surface area contributed by atoms with Gasteiger partial charge in [0.25, 0.3) is 5.56 Å². The minimum atomic E-state index is -0.980. The molecule has 21 heavy (non-hydrogen) atoms. The smallest absolute Gasteiger partial charge is 0.346 e. The van der Waals surface area contributed by atoms with Crippen LogP contribution in [0.15, 0.2) is 41.3 Å². The summed E-state index contributed by atoms with van der Waals surface area (Å²) in [5.74, 6) is -0.980. The first-order valence-electron chi connectivity index (χ1n) is 6.34. The number of benzene rings is 1. The molecule has 0 saturated heterocycles. The van der Waals surface area contributed by atoms with E-state index >= 15 is 0 Å². The number of hydrogen-bond acceptors (Lipinski definition) is 4. The minimum Gasteiger partial charge on any atom is -0.477 e. The number of nitrogens with zero attached hydrogens (tertiary/aromatic N) is 2. The van der Waals surface area contributed by atoms with Crippen LogP contribution in [0.25, 0.3) is 10.1 Å². The van der Waals surface area contributed by atoms with E-state index in [0.717, 1.165) is 15.6 Å². The van der Waals surface area contributed by atoms with Crippen molar-refractivity contribution in [1.29, 1.82) is 0 Å². The predicted octanol–water partition coefficient (Wildman–Crippen LogP) is 2.51. The number of aromatic nitrogens is 2. The molecule has 1 aromatic carbocycles. The van der Waals surface area contributed by atoms with Gasteiger partial charge >= 0.3 is 5.97 Å². The first-order chi connectivity index (χ1) is 10.1. The standard InChI is InChI=1S/C15H12N2O3S/c1-9-6-13(18)17(16-7-9)8-11-10-4-2-3-5-12(10)21-14(11)15(19)20/h2-7H,8H2,1H3,(H,19,20). The van der Waals surface area contributed by atoms with Gasteiger partial charge in [0.15, 0.2) is 0 Å². The van der Waals surface area contributed by atoms with Gasteiger partial charge in [-0.25, -0.2) is 9.48 Å². The lowest BCUT2D eigenvalue weighted by atomic mass is 10.1. The summed E-state index contributed by atoms with van der Waals surface area (Å²) in [6.07, 6.45) is 1.59. The number of aryl methyl sites for hydroxylation is 1. The van der Waals surface area contributed by atoms with Gasteiger partial charge in [0.1, 0.15) is 4.88 Å². The zero-order valence-corrected chi connectivity index (χ0v) is 12.1. The van der Waals surface area contributed by atoms with Crippen molar-refractivity contribution in [2.24, 2.45) is 0 Å². The van der Waals surface area contributed by atoms with Crippen molar-refractivity contribution in [3.63, 3.8) is 0 Å². The van der Waals surface area contributed by atoms with E-state index in [4.69, 9.17) is 0 Å². The van der Waals surface area contributed by atoms with E-state index in [9.17, 15) is 14.7 Å². The number of fused-ring (bicyclic) bond motifs is 1.